The molecule has 0 radical (unpaired) electrons. The molecule has 1 N–H and O–H groups in total. The first-order valence-electron chi connectivity index (χ1n) is 8.71. The Labute approximate surface area is 130 Å². The van der Waals surface area contributed by atoms with E-state index in [1.807, 2.05) is 0 Å². The minimum atomic E-state index is 0.495. The molecule has 1 aromatic rings. The Kier molecular flexibility index (Phi) is 6.72. The van der Waals surface area contributed by atoms with E-state index in [0.717, 1.165) is 18.9 Å². The van der Waals surface area contributed by atoms with Crippen molar-refractivity contribution < 1.29 is 0 Å². The third-order valence-electron chi connectivity index (χ3n) is 4.62. The zero-order valence-corrected chi connectivity index (χ0v) is 14.1. The van der Waals surface area contributed by atoms with E-state index in [9.17, 15) is 0 Å². The summed E-state index contributed by atoms with van der Waals surface area (Å²) in [7, 11) is 0. The van der Waals surface area contributed by atoms with Crippen molar-refractivity contribution >= 4 is 0 Å². The lowest BCUT2D eigenvalue weighted by atomic mass is 10.0. The second-order valence-corrected chi connectivity index (χ2v) is 6.75. The number of nitrogens with one attached hydrogen (secondary N) is 1. The number of hydrogen-bond acceptors (Lipinski definition) is 2. The summed E-state index contributed by atoms with van der Waals surface area (Å²) in [5.41, 5.74) is 2.76. The van der Waals surface area contributed by atoms with Crippen molar-refractivity contribution in [2.24, 2.45) is 5.92 Å². The first kappa shape index (κ1) is 16.5. The van der Waals surface area contributed by atoms with Gasteiger partial charge in [0.15, 0.2) is 0 Å². The average Bonchev–Trinajstić information content (AvgIpc) is 2.50. The molecule has 21 heavy (non-hydrogen) atoms. The van der Waals surface area contributed by atoms with Crippen molar-refractivity contribution in [2.75, 3.05) is 26.2 Å². The second-order valence-electron chi connectivity index (χ2n) is 6.75. The highest BCUT2D eigenvalue weighted by Crippen LogP contribution is 2.18. The molecule has 2 heteroatoms. The first-order valence-corrected chi connectivity index (χ1v) is 8.71. The van der Waals surface area contributed by atoms with Gasteiger partial charge in [-0.15, -0.1) is 0 Å². The normalized spacial score (nSPS) is 19.4. The highest BCUT2D eigenvalue weighted by Gasteiger charge is 2.15. The van der Waals surface area contributed by atoms with E-state index in [1.54, 1.807) is 0 Å². The van der Waals surface area contributed by atoms with Gasteiger partial charge in [0.2, 0.25) is 0 Å². The van der Waals surface area contributed by atoms with Crippen molar-refractivity contribution in [1.82, 2.24) is 10.2 Å². The summed E-state index contributed by atoms with van der Waals surface area (Å²) in [6.45, 7) is 11.8. The van der Waals surface area contributed by atoms with Crippen molar-refractivity contribution in [3.63, 3.8) is 0 Å². The third kappa shape index (κ3) is 5.44. The minimum absolute atomic E-state index is 0.495. The monoisotopic (exact) mass is 288 g/mol. The van der Waals surface area contributed by atoms with E-state index in [1.165, 1.54) is 50.0 Å². The van der Waals surface area contributed by atoms with Crippen LogP contribution in [0.25, 0.3) is 0 Å². The van der Waals surface area contributed by atoms with Gasteiger partial charge in [-0.3, -0.25) is 0 Å². The largest absolute Gasteiger partial charge is 0.310 e. The maximum atomic E-state index is 3.77. The Morgan fingerprint density at radius 2 is 1.76 bits per heavy atom. The number of piperidine rings is 1. The maximum Gasteiger partial charge on any atom is 0.0317 e. The van der Waals surface area contributed by atoms with Crippen LogP contribution in [-0.4, -0.2) is 31.1 Å². The molecule has 1 aliphatic heterocycles. The van der Waals surface area contributed by atoms with Gasteiger partial charge in [0, 0.05) is 12.6 Å². The standard InChI is InChI=1S/C19H32N2/c1-4-19(18-10-8-16(2)9-11-18)20-14-17(3)15-21-12-6-5-7-13-21/h8-11,17,19-20H,4-7,12-15H2,1-3H3. The van der Waals surface area contributed by atoms with E-state index >= 15 is 0 Å². The molecule has 1 aromatic carbocycles. The summed E-state index contributed by atoms with van der Waals surface area (Å²) in [5.74, 6) is 0.725. The summed E-state index contributed by atoms with van der Waals surface area (Å²) in [5, 5.41) is 3.77. The van der Waals surface area contributed by atoms with Gasteiger partial charge in [0.25, 0.3) is 0 Å². The van der Waals surface area contributed by atoms with Crippen LogP contribution < -0.4 is 5.32 Å². The van der Waals surface area contributed by atoms with Gasteiger partial charge in [0.1, 0.15) is 0 Å². The number of benzene rings is 1. The van der Waals surface area contributed by atoms with Gasteiger partial charge in [-0.2, -0.15) is 0 Å². The fourth-order valence-corrected chi connectivity index (χ4v) is 3.29. The van der Waals surface area contributed by atoms with E-state index in [0.29, 0.717) is 6.04 Å². The highest BCUT2D eigenvalue weighted by atomic mass is 15.1. The molecule has 0 saturated carbocycles. The molecule has 1 heterocycles. The molecular formula is C19H32N2. The Bertz CT molecular complexity index is 393. The molecule has 118 valence electrons. The van der Waals surface area contributed by atoms with Crippen LogP contribution in [0.5, 0.6) is 0 Å². The zero-order valence-electron chi connectivity index (χ0n) is 14.1. The molecule has 1 fully saturated rings. The summed E-state index contributed by atoms with van der Waals surface area (Å²) in [6.07, 6.45) is 5.36. The fourth-order valence-electron chi connectivity index (χ4n) is 3.29. The Balaban J connectivity index is 1.77. The van der Waals surface area contributed by atoms with Gasteiger partial charge in [-0.1, -0.05) is 50.1 Å². The molecule has 1 saturated heterocycles. The van der Waals surface area contributed by atoms with Crippen molar-refractivity contribution in [3.05, 3.63) is 35.4 Å². The van der Waals surface area contributed by atoms with Crippen LogP contribution in [0.15, 0.2) is 24.3 Å². The highest BCUT2D eigenvalue weighted by molar-refractivity contribution is 5.24. The van der Waals surface area contributed by atoms with Gasteiger partial charge in [0.05, 0.1) is 0 Å². The average molecular weight is 288 g/mol. The van der Waals surface area contributed by atoms with Crippen molar-refractivity contribution in [2.45, 2.75) is 52.5 Å². The van der Waals surface area contributed by atoms with Crippen molar-refractivity contribution in [1.29, 1.82) is 0 Å². The smallest absolute Gasteiger partial charge is 0.0317 e. The van der Waals surface area contributed by atoms with E-state index in [4.69, 9.17) is 0 Å². The first-order chi connectivity index (χ1) is 10.2. The van der Waals surface area contributed by atoms with E-state index in [-0.39, 0.29) is 0 Å². The molecule has 0 aliphatic carbocycles. The Morgan fingerprint density at radius 1 is 1.10 bits per heavy atom. The second kappa shape index (κ2) is 8.55. The topological polar surface area (TPSA) is 15.3 Å². The zero-order chi connectivity index (χ0) is 15.1. The lowest BCUT2D eigenvalue weighted by molar-refractivity contribution is 0.197. The van der Waals surface area contributed by atoms with E-state index in [2.05, 4.69) is 55.3 Å². The van der Waals surface area contributed by atoms with Crippen LogP contribution in [-0.2, 0) is 0 Å². The van der Waals surface area contributed by atoms with Crippen LogP contribution in [0.3, 0.4) is 0 Å². The molecule has 2 unspecified atom stereocenters. The minimum Gasteiger partial charge on any atom is -0.310 e. The quantitative estimate of drug-likeness (QED) is 0.810. The number of rotatable bonds is 7. The predicted octanol–water partition coefficient (Wildman–Crippen LogP) is 4.16. The summed E-state index contributed by atoms with van der Waals surface area (Å²) < 4.78 is 0. The molecule has 0 amide bonds. The third-order valence-corrected chi connectivity index (χ3v) is 4.62. The lowest BCUT2D eigenvalue weighted by Crippen LogP contribution is -2.37. The molecule has 1 aliphatic rings. The number of aryl methyl sites for hydroxylation is 1. The maximum absolute atomic E-state index is 3.77. The lowest BCUT2D eigenvalue weighted by Gasteiger charge is -2.30. The summed E-state index contributed by atoms with van der Waals surface area (Å²) in [4.78, 5) is 2.64. The molecule has 0 spiro atoms. The van der Waals surface area contributed by atoms with Gasteiger partial charge >= 0.3 is 0 Å². The summed E-state index contributed by atoms with van der Waals surface area (Å²) >= 11 is 0. The fraction of sp³-hybridized carbons (Fsp3) is 0.684. The van der Waals surface area contributed by atoms with Crippen molar-refractivity contribution in [3.8, 4) is 0 Å². The van der Waals surface area contributed by atoms with E-state index < -0.39 is 0 Å². The van der Waals surface area contributed by atoms with Gasteiger partial charge < -0.3 is 10.2 Å². The predicted molar refractivity (Wildman–Crippen MR) is 91.7 cm³/mol. The van der Waals surface area contributed by atoms with Crippen LogP contribution in [0.4, 0.5) is 0 Å². The number of nitrogens with zero attached hydrogens (tertiary/aromatic N) is 1. The Hall–Kier alpha value is -0.860. The van der Waals surface area contributed by atoms with Crippen LogP contribution in [0.2, 0.25) is 0 Å². The van der Waals surface area contributed by atoms with Crippen LogP contribution in [0, 0.1) is 12.8 Å². The summed E-state index contributed by atoms with van der Waals surface area (Å²) in [6, 6.07) is 9.47. The Morgan fingerprint density at radius 3 is 2.38 bits per heavy atom. The molecule has 0 aromatic heterocycles. The van der Waals surface area contributed by atoms with Gasteiger partial charge in [-0.05, 0) is 57.3 Å². The van der Waals surface area contributed by atoms with Gasteiger partial charge in [-0.25, -0.2) is 0 Å². The molecule has 0 bridgehead atoms. The molecule has 2 atom stereocenters. The van der Waals surface area contributed by atoms with Crippen LogP contribution in [0.1, 0.15) is 56.7 Å². The molecular weight excluding hydrogens is 256 g/mol. The SMILES string of the molecule is CCC(NCC(C)CN1CCCCC1)c1ccc(C)cc1. The molecule has 2 rings (SSSR count). The number of hydrogen-bond donors (Lipinski definition) is 1. The molecule has 2 nitrogen and oxygen atoms in total. The van der Waals surface area contributed by atoms with Crippen LogP contribution >= 0.6 is 0 Å². The number of likely N-dealkylation sites (tertiary alicyclic amines) is 1.